The molecule has 0 aliphatic carbocycles. The molecule has 0 aromatic heterocycles. The molecule has 0 radical (unpaired) electrons. The van der Waals surface area contributed by atoms with E-state index < -0.39 is 11.9 Å². The minimum atomic E-state index is -0.889. The lowest BCUT2D eigenvalue weighted by Crippen LogP contribution is -2.37. The Balaban J connectivity index is 2.34. The van der Waals surface area contributed by atoms with Gasteiger partial charge in [0.05, 0.1) is 12.3 Å². The third-order valence-electron chi connectivity index (χ3n) is 3.91. The van der Waals surface area contributed by atoms with E-state index in [1.54, 1.807) is 4.90 Å². The highest BCUT2D eigenvalue weighted by molar-refractivity contribution is 5.87. The fraction of sp³-hybridized carbons (Fsp3) is 0.300. The number of hydrogen-bond donors (Lipinski definition) is 1. The van der Waals surface area contributed by atoms with Gasteiger partial charge < -0.3 is 10.0 Å². The summed E-state index contributed by atoms with van der Waals surface area (Å²) in [4.78, 5) is 25.7. The van der Waals surface area contributed by atoms with Crippen LogP contribution < -0.4 is 0 Å². The van der Waals surface area contributed by atoms with Crippen LogP contribution in [0.1, 0.15) is 36.8 Å². The number of amides is 1. The maximum Gasteiger partial charge on any atom is 0.305 e. The third-order valence-corrected chi connectivity index (χ3v) is 3.91. The van der Waals surface area contributed by atoms with E-state index in [1.165, 1.54) is 0 Å². The van der Waals surface area contributed by atoms with Gasteiger partial charge in [-0.2, -0.15) is 0 Å². The Bertz CT molecular complexity index is 616. The second-order valence-corrected chi connectivity index (χ2v) is 5.72. The van der Waals surface area contributed by atoms with Crippen LogP contribution in [0.25, 0.3) is 0 Å². The molecular formula is C20H23NO3. The fourth-order valence-electron chi connectivity index (χ4n) is 2.78. The summed E-state index contributed by atoms with van der Waals surface area (Å²) in [5.41, 5.74) is 1.84. The summed E-state index contributed by atoms with van der Waals surface area (Å²) in [5.74, 6) is -1.34. The minimum Gasteiger partial charge on any atom is -0.481 e. The zero-order valence-electron chi connectivity index (χ0n) is 13.9. The smallest absolute Gasteiger partial charge is 0.305 e. The van der Waals surface area contributed by atoms with Gasteiger partial charge in [0.25, 0.3) is 0 Å². The lowest BCUT2D eigenvalue weighted by molar-refractivity contribution is -0.138. The van der Waals surface area contributed by atoms with E-state index in [0.29, 0.717) is 6.54 Å². The zero-order chi connectivity index (χ0) is 17.4. The molecule has 0 bridgehead atoms. The number of benzene rings is 2. The van der Waals surface area contributed by atoms with Crippen molar-refractivity contribution in [3.05, 3.63) is 71.8 Å². The van der Waals surface area contributed by atoms with E-state index in [0.717, 1.165) is 17.5 Å². The summed E-state index contributed by atoms with van der Waals surface area (Å²) in [7, 11) is 0. The quantitative estimate of drug-likeness (QED) is 0.808. The average Bonchev–Trinajstić information content (AvgIpc) is 2.60. The summed E-state index contributed by atoms with van der Waals surface area (Å²) in [5, 5.41) is 8.95. The molecule has 2 rings (SSSR count). The Hall–Kier alpha value is -2.62. The first-order chi connectivity index (χ1) is 11.6. The van der Waals surface area contributed by atoms with Gasteiger partial charge in [-0.3, -0.25) is 9.59 Å². The molecule has 2 aromatic rings. The third kappa shape index (κ3) is 4.69. The molecule has 0 unspecified atom stereocenters. The van der Waals surface area contributed by atoms with Gasteiger partial charge in [-0.25, -0.2) is 0 Å². The van der Waals surface area contributed by atoms with Crippen molar-refractivity contribution in [3.63, 3.8) is 0 Å². The molecule has 4 nitrogen and oxygen atoms in total. The number of carbonyl (C=O) groups excluding carboxylic acids is 1. The summed E-state index contributed by atoms with van der Waals surface area (Å²) in [6, 6.07) is 19.3. The van der Waals surface area contributed by atoms with Crippen LogP contribution in [-0.2, 0) is 9.59 Å². The van der Waals surface area contributed by atoms with Gasteiger partial charge in [0.15, 0.2) is 0 Å². The standard InChI is InChI=1S/C20H23NO3/c1-2-14-21(15-13-18(22)23)20(24)19(16-9-5-3-6-10-16)17-11-7-4-8-12-17/h3-12,19H,2,13-15H2,1H3,(H,22,23). The number of aliphatic carboxylic acids is 1. The molecule has 126 valence electrons. The van der Waals surface area contributed by atoms with Crippen LogP contribution in [0, 0.1) is 0 Å². The van der Waals surface area contributed by atoms with Gasteiger partial charge in [0, 0.05) is 13.1 Å². The Kier molecular flexibility index (Phi) is 6.55. The lowest BCUT2D eigenvalue weighted by Gasteiger charge is -2.27. The molecular weight excluding hydrogens is 302 g/mol. The highest BCUT2D eigenvalue weighted by atomic mass is 16.4. The van der Waals surface area contributed by atoms with E-state index in [4.69, 9.17) is 5.11 Å². The van der Waals surface area contributed by atoms with Crippen molar-refractivity contribution in [1.82, 2.24) is 4.90 Å². The van der Waals surface area contributed by atoms with Crippen LogP contribution in [0.3, 0.4) is 0 Å². The summed E-state index contributed by atoms with van der Waals surface area (Å²) < 4.78 is 0. The SMILES string of the molecule is CCCN(CCC(=O)O)C(=O)C(c1ccccc1)c1ccccc1. The van der Waals surface area contributed by atoms with E-state index in [-0.39, 0.29) is 18.9 Å². The molecule has 0 aliphatic rings. The van der Waals surface area contributed by atoms with Gasteiger partial charge >= 0.3 is 5.97 Å². The highest BCUT2D eigenvalue weighted by Gasteiger charge is 2.27. The Labute approximate surface area is 142 Å². The van der Waals surface area contributed by atoms with Gasteiger partial charge in [0.2, 0.25) is 5.91 Å². The molecule has 0 aliphatic heterocycles. The Morgan fingerprint density at radius 2 is 1.42 bits per heavy atom. The van der Waals surface area contributed by atoms with Crippen LogP contribution in [-0.4, -0.2) is 35.0 Å². The number of rotatable bonds is 8. The molecule has 0 saturated heterocycles. The molecule has 24 heavy (non-hydrogen) atoms. The molecule has 0 atom stereocenters. The molecule has 0 fully saturated rings. The highest BCUT2D eigenvalue weighted by Crippen LogP contribution is 2.27. The summed E-state index contributed by atoms with van der Waals surface area (Å²) in [6.45, 7) is 2.78. The van der Waals surface area contributed by atoms with Crippen molar-refractivity contribution >= 4 is 11.9 Å². The van der Waals surface area contributed by atoms with Gasteiger partial charge in [-0.05, 0) is 17.5 Å². The number of carboxylic acid groups (broad SMARTS) is 1. The van der Waals surface area contributed by atoms with Crippen molar-refractivity contribution in [2.45, 2.75) is 25.7 Å². The Morgan fingerprint density at radius 1 is 0.917 bits per heavy atom. The fourth-order valence-corrected chi connectivity index (χ4v) is 2.78. The molecule has 0 heterocycles. The predicted molar refractivity (Wildman–Crippen MR) is 93.9 cm³/mol. The number of carbonyl (C=O) groups is 2. The van der Waals surface area contributed by atoms with E-state index in [2.05, 4.69) is 0 Å². The first-order valence-corrected chi connectivity index (χ1v) is 8.24. The van der Waals surface area contributed by atoms with Crippen molar-refractivity contribution in [2.24, 2.45) is 0 Å². The van der Waals surface area contributed by atoms with Crippen LogP contribution in [0.2, 0.25) is 0 Å². The van der Waals surface area contributed by atoms with Crippen molar-refractivity contribution < 1.29 is 14.7 Å². The molecule has 4 heteroatoms. The van der Waals surface area contributed by atoms with E-state index >= 15 is 0 Å². The average molecular weight is 325 g/mol. The molecule has 0 saturated carbocycles. The van der Waals surface area contributed by atoms with Crippen molar-refractivity contribution in [2.75, 3.05) is 13.1 Å². The van der Waals surface area contributed by atoms with Crippen LogP contribution in [0.5, 0.6) is 0 Å². The number of hydrogen-bond acceptors (Lipinski definition) is 2. The van der Waals surface area contributed by atoms with Crippen molar-refractivity contribution in [3.8, 4) is 0 Å². The van der Waals surface area contributed by atoms with E-state index in [1.807, 2.05) is 67.6 Å². The summed E-state index contributed by atoms with van der Waals surface area (Å²) in [6.07, 6.45) is 0.754. The maximum absolute atomic E-state index is 13.2. The zero-order valence-corrected chi connectivity index (χ0v) is 13.9. The lowest BCUT2D eigenvalue weighted by atomic mass is 9.90. The van der Waals surface area contributed by atoms with Crippen LogP contribution in [0.15, 0.2) is 60.7 Å². The van der Waals surface area contributed by atoms with Gasteiger partial charge in [-0.15, -0.1) is 0 Å². The first kappa shape index (κ1) is 17.7. The summed E-state index contributed by atoms with van der Waals surface area (Å²) >= 11 is 0. The Morgan fingerprint density at radius 3 is 1.83 bits per heavy atom. The molecule has 1 amide bonds. The van der Waals surface area contributed by atoms with Gasteiger partial charge in [0.1, 0.15) is 0 Å². The first-order valence-electron chi connectivity index (χ1n) is 8.24. The van der Waals surface area contributed by atoms with Crippen LogP contribution in [0.4, 0.5) is 0 Å². The maximum atomic E-state index is 13.2. The monoisotopic (exact) mass is 325 g/mol. The minimum absolute atomic E-state index is 0.0396. The van der Waals surface area contributed by atoms with Crippen molar-refractivity contribution in [1.29, 1.82) is 0 Å². The van der Waals surface area contributed by atoms with Gasteiger partial charge in [-0.1, -0.05) is 67.6 Å². The largest absolute Gasteiger partial charge is 0.481 e. The van der Waals surface area contributed by atoms with Crippen LogP contribution >= 0.6 is 0 Å². The second-order valence-electron chi connectivity index (χ2n) is 5.72. The second kappa shape index (κ2) is 8.87. The number of carboxylic acids is 1. The topological polar surface area (TPSA) is 57.6 Å². The normalized spacial score (nSPS) is 10.6. The molecule has 0 spiro atoms. The number of nitrogens with zero attached hydrogens (tertiary/aromatic N) is 1. The van der Waals surface area contributed by atoms with E-state index in [9.17, 15) is 9.59 Å². The predicted octanol–water partition coefficient (Wildman–Crippen LogP) is 3.53. The molecule has 2 aromatic carbocycles. The molecule has 1 N–H and O–H groups in total.